The largest absolute Gasteiger partial charge is 0.393 e. The third kappa shape index (κ3) is 6.04. The average Bonchev–Trinajstić information content (AvgIpc) is 2.42. The summed E-state index contributed by atoms with van der Waals surface area (Å²) in [7, 11) is 1.71. The summed E-state index contributed by atoms with van der Waals surface area (Å²) >= 11 is 0. The van der Waals surface area contributed by atoms with Crippen LogP contribution in [-0.2, 0) is 11.3 Å². The van der Waals surface area contributed by atoms with Gasteiger partial charge in [-0.25, -0.2) is 4.79 Å². The molecule has 0 bridgehead atoms. The molecule has 0 heterocycles. The number of hydrogen-bond donors (Lipinski definition) is 2. The summed E-state index contributed by atoms with van der Waals surface area (Å²) in [5.41, 5.74) is 1.77. The number of urea groups is 1. The first-order chi connectivity index (χ1) is 9.52. The first kappa shape index (κ1) is 16.5. The number of anilines is 1. The second-order valence-corrected chi connectivity index (χ2v) is 4.83. The van der Waals surface area contributed by atoms with Gasteiger partial charge in [-0.3, -0.25) is 0 Å². The molecule has 0 radical (unpaired) electrons. The zero-order valence-electron chi connectivity index (χ0n) is 12.4. The molecule has 20 heavy (non-hydrogen) atoms. The number of ether oxygens (including phenoxy) is 1. The molecule has 0 aromatic heterocycles. The topological polar surface area (TPSA) is 61.8 Å². The van der Waals surface area contributed by atoms with Crippen molar-refractivity contribution in [3.05, 3.63) is 29.8 Å². The fraction of sp³-hybridized carbons (Fsp3) is 0.533. The second-order valence-electron chi connectivity index (χ2n) is 4.83. The quantitative estimate of drug-likeness (QED) is 0.806. The SMILES string of the molecule is CCOCc1cccc(NC(=O)N(C)CCC(C)O)c1. The molecule has 1 aromatic rings. The molecule has 2 N–H and O–H groups in total. The van der Waals surface area contributed by atoms with Gasteiger partial charge in [0, 0.05) is 25.9 Å². The van der Waals surface area contributed by atoms with Crippen LogP contribution in [0.25, 0.3) is 0 Å². The zero-order chi connectivity index (χ0) is 15.0. The Bertz CT molecular complexity index is 421. The molecule has 5 nitrogen and oxygen atoms in total. The Kier molecular flexibility index (Phi) is 7.04. The van der Waals surface area contributed by atoms with Crippen molar-refractivity contribution in [1.29, 1.82) is 0 Å². The van der Waals surface area contributed by atoms with Crippen molar-refractivity contribution in [3.8, 4) is 0 Å². The van der Waals surface area contributed by atoms with Crippen molar-refractivity contribution in [3.63, 3.8) is 0 Å². The molecule has 112 valence electrons. The third-order valence-electron chi connectivity index (χ3n) is 2.88. The maximum atomic E-state index is 12.0. The Morgan fingerprint density at radius 1 is 1.50 bits per heavy atom. The normalized spacial score (nSPS) is 12.0. The molecule has 0 aliphatic carbocycles. The number of carbonyl (C=O) groups excluding carboxylic acids is 1. The van der Waals surface area contributed by atoms with E-state index in [0.29, 0.717) is 26.2 Å². The predicted molar refractivity (Wildman–Crippen MR) is 79.7 cm³/mol. The maximum absolute atomic E-state index is 12.0. The molecule has 0 aliphatic heterocycles. The van der Waals surface area contributed by atoms with Gasteiger partial charge in [0.05, 0.1) is 12.7 Å². The van der Waals surface area contributed by atoms with Crippen LogP contribution >= 0.6 is 0 Å². The Hall–Kier alpha value is -1.59. The molecule has 1 rings (SSSR count). The molecule has 0 aliphatic rings. The van der Waals surface area contributed by atoms with Crippen LogP contribution in [-0.4, -0.2) is 42.3 Å². The molecule has 1 atom stereocenters. The highest BCUT2D eigenvalue weighted by Crippen LogP contribution is 2.12. The van der Waals surface area contributed by atoms with Crippen LogP contribution in [0.4, 0.5) is 10.5 Å². The van der Waals surface area contributed by atoms with Gasteiger partial charge in [0.2, 0.25) is 0 Å². The fourth-order valence-electron chi connectivity index (χ4n) is 1.66. The molecule has 0 saturated heterocycles. The fourth-order valence-corrected chi connectivity index (χ4v) is 1.66. The van der Waals surface area contributed by atoms with Crippen molar-refractivity contribution >= 4 is 11.7 Å². The van der Waals surface area contributed by atoms with Crippen molar-refractivity contribution in [2.24, 2.45) is 0 Å². The molecule has 5 heteroatoms. The minimum atomic E-state index is -0.403. The van der Waals surface area contributed by atoms with Gasteiger partial charge >= 0.3 is 6.03 Å². The number of aliphatic hydroxyl groups is 1. The molecule has 1 aromatic carbocycles. The smallest absolute Gasteiger partial charge is 0.321 e. The zero-order valence-corrected chi connectivity index (χ0v) is 12.4. The summed E-state index contributed by atoms with van der Waals surface area (Å²) in [6.07, 6.45) is 0.161. The second kappa shape index (κ2) is 8.55. The van der Waals surface area contributed by atoms with Gasteiger partial charge in [0.25, 0.3) is 0 Å². The predicted octanol–water partition coefficient (Wildman–Crippen LogP) is 2.46. The van der Waals surface area contributed by atoms with Crippen LogP contribution in [0.5, 0.6) is 0 Å². The van der Waals surface area contributed by atoms with E-state index in [-0.39, 0.29) is 6.03 Å². The third-order valence-corrected chi connectivity index (χ3v) is 2.88. The van der Waals surface area contributed by atoms with Crippen LogP contribution in [0.1, 0.15) is 25.8 Å². The van der Waals surface area contributed by atoms with Gasteiger partial charge in [-0.1, -0.05) is 12.1 Å². The van der Waals surface area contributed by atoms with E-state index in [1.807, 2.05) is 31.2 Å². The van der Waals surface area contributed by atoms with Crippen LogP contribution in [0.15, 0.2) is 24.3 Å². The lowest BCUT2D eigenvalue weighted by atomic mass is 10.2. The Labute approximate surface area is 120 Å². The summed E-state index contributed by atoms with van der Waals surface area (Å²) in [4.78, 5) is 13.5. The van der Waals surface area contributed by atoms with Crippen molar-refractivity contribution in [2.75, 3.05) is 25.5 Å². The van der Waals surface area contributed by atoms with Gasteiger partial charge in [-0.05, 0) is 38.0 Å². The van der Waals surface area contributed by atoms with E-state index in [0.717, 1.165) is 11.3 Å². The Morgan fingerprint density at radius 2 is 2.25 bits per heavy atom. The lowest BCUT2D eigenvalue weighted by Gasteiger charge is -2.19. The number of benzene rings is 1. The molecule has 0 saturated carbocycles. The van der Waals surface area contributed by atoms with E-state index in [4.69, 9.17) is 4.74 Å². The van der Waals surface area contributed by atoms with Gasteiger partial charge in [0.15, 0.2) is 0 Å². The van der Waals surface area contributed by atoms with Crippen LogP contribution in [0.3, 0.4) is 0 Å². The minimum Gasteiger partial charge on any atom is -0.393 e. The van der Waals surface area contributed by atoms with Crippen molar-refractivity contribution in [2.45, 2.75) is 33.0 Å². The number of carbonyl (C=O) groups is 1. The number of aliphatic hydroxyl groups excluding tert-OH is 1. The van der Waals surface area contributed by atoms with Crippen LogP contribution in [0.2, 0.25) is 0 Å². The highest BCUT2D eigenvalue weighted by atomic mass is 16.5. The first-order valence-corrected chi connectivity index (χ1v) is 6.89. The van der Waals surface area contributed by atoms with Gasteiger partial charge in [0.1, 0.15) is 0 Å². The van der Waals surface area contributed by atoms with Crippen LogP contribution < -0.4 is 5.32 Å². The monoisotopic (exact) mass is 280 g/mol. The van der Waals surface area contributed by atoms with Gasteiger partial charge in [-0.2, -0.15) is 0 Å². The summed E-state index contributed by atoms with van der Waals surface area (Å²) in [5.74, 6) is 0. The standard InChI is InChI=1S/C15H24N2O3/c1-4-20-11-13-6-5-7-14(10-13)16-15(19)17(3)9-8-12(2)18/h5-7,10,12,18H,4,8-9,11H2,1-3H3,(H,16,19). The van der Waals surface area contributed by atoms with Crippen molar-refractivity contribution < 1.29 is 14.6 Å². The summed E-state index contributed by atoms with van der Waals surface area (Å²) in [6.45, 7) is 5.38. The summed E-state index contributed by atoms with van der Waals surface area (Å²) in [5, 5.41) is 12.1. The molecular formula is C15H24N2O3. The maximum Gasteiger partial charge on any atom is 0.321 e. The lowest BCUT2D eigenvalue weighted by Crippen LogP contribution is -2.33. The average molecular weight is 280 g/mol. The molecular weight excluding hydrogens is 256 g/mol. The van der Waals surface area contributed by atoms with Crippen LogP contribution in [0, 0.1) is 0 Å². The van der Waals surface area contributed by atoms with E-state index in [2.05, 4.69) is 5.32 Å². The van der Waals surface area contributed by atoms with E-state index in [1.165, 1.54) is 0 Å². The molecule has 1 unspecified atom stereocenters. The van der Waals surface area contributed by atoms with E-state index >= 15 is 0 Å². The van der Waals surface area contributed by atoms with E-state index in [1.54, 1.807) is 18.9 Å². The number of rotatable bonds is 7. The highest BCUT2D eigenvalue weighted by molar-refractivity contribution is 5.89. The molecule has 2 amide bonds. The molecule has 0 fully saturated rings. The minimum absolute atomic E-state index is 0.181. The molecule has 0 spiro atoms. The van der Waals surface area contributed by atoms with E-state index in [9.17, 15) is 9.90 Å². The number of nitrogens with one attached hydrogen (secondary N) is 1. The van der Waals surface area contributed by atoms with Gasteiger partial charge < -0.3 is 20.1 Å². The Morgan fingerprint density at radius 3 is 2.90 bits per heavy atom. The first-order valence-electron chi connectivity index (χ1n) is 6.89. The Balaban J connectivity index is 2.52. The highest BCUT2D eigenvalue weighted by Gasteiger charge is 2.09. The van der Waals surface area contributed by atoms with E-state index < -0.39 is 6.10 Å². The summed E-state index contributed by atoms with van der Waals surface area (Å²) in [6, 6.07) is 7.41. The van der Waals surface area contributed by atoms with Gasteiger partial charge in [-0.15, -0.1) is 0 Å². The lowest BCUT2D eigenvalue weighted by molar-refractivity contribution is 0.134. The summed E-state index contributed by atoms with van der Waals surface area (Å²) < 4.78 is 5.34. The number of hydrogen-bond acceptors (Lipinski definition) is 3. The number of amides is 2. The number of nitrogens with zero attached hydrogens (tertiary/aromatic N) is 1. The van der Waals surface area contributed by atoms with Crippen molar-refractivity contribution in [1.82, 2.24) is 4.90 Å².